The van der Waals surface area contributed by atoms with Crippen LogP contribution in [0.5, 0.6) is 5.75 Å². The van der Waals surface area contributed by atoms with Gasteiger partial charge in [-0.2, -0.15) is 0 Å². The summed E-state index contributed by atoms with van der Waals surface area (Å²) >= 11 is 0. The Morgan fingerprint density at radius 2 is 1.77 bits per heavy atom. The van der Waals surface area contributed by atoms with Gasteiger partial charge in [0.15, 0.2) is 0 Å². The Balaban J connectivity index is 1.57. The molecule has 2 aromatic rings. The van der Waals surface area contributed by atoms with Gasteiger partial charge >= 0.3 is 5.97 Å². The number of hydrogen-bond donors (Lipinski definition) is 2. The van der Waals surface area contributed by atoms with Crippen molar-refractivity contribution in [3.8, 4) is 5.75 Å². The SMILES string of the molecule is O=C(NCC(C(=O)O)c1ccc(F)cc1)c1ccc(OCC2CC2)cc1. The van der Waals surface area contributed by atoms with E-state index in [9.17, 15) is 19.1 Å². The van der Waals surface area contributed by atoms with E-state index in [2.05, 4.69) is 5.32 Å². The second-order valence-corrected chi connectivity index (χ2v) is 6.43. The van der Waals surface area contributed by atoms with Gasteiger partial charge in [-0.25, -0.2) is 4.39 Å². The number of carboxylic acid groups (broad SMARTS) is 1. The molecule has 136 valence electrons. The lowest BCUT2D eigenvalue weighted by atomic mass is 9.99. The second kappa shape index (κ2) is 7.99. The van der Waals surface area contributed by atoms with E-state index in [1.54, 1.807) is 24.3 Å². The number of amides is 1. The normalized spacial score (nSPS) is 14.5. The molecule has 3 rings (SSSR count). The lowest BCUT2D eigenvalue weighted by molar-refractivity contribution is -0.138. The van der Waals surface area contributed by atoms with Crippen LogP contribution in [-0.4, -0.2) is 30.1 Å². The van der Waals surface area contributed by atoms with Crippen molar-refractivity contribution in [2.75, 3.05) is 13.2 Å². The summed E-state index contributed by atoms with van der Waals surface area (Å²) in [6.45, 7) is 0.614. The number of benzene rings is 2. The predicted molar refractivity (Wildman–Crippen MR) is 93.8 cm³/mol. The third kappa shape index (κ3) is 4.81. The van der Waals surface area contributed by atoms with E-state index in [4.69, 9.17) is 4.74 Å². The maximum atomic E-state index is 13.0. The fourth-order valence-electron chi connectivity index (χ4n) is 2.54. The molecule has 1 fully saturated rings. The summed E-state index contributed by atoms with van der Waals surface area (Å²) in [5.41, 5.74) is 0.857. The minimum absolute atomic E-state index is 0.0836. The first-order valence-electron chi connectivity index (χ1n) is 8.52. The molecule has 1 amide bonds. The van der Waals surface area contributed by atoms with Crippen molar-refractivity contribution in [2.45, 2.75) is 18.8 Å². The van der Waals surface area contributed by atoms with Crippen molar-refractivity contribution < 1.29 is 23.8 Å². The van der Waals surface area contributed by atoms with Crippen LogP contribution in [0.4, 0.5) is 4.39 Å². The summed E-state index contributed by atoms with van der Waals surface area (Å²) in [5, 5.41) is 12.0. The van der Waals surface area contributed by atoms with Crippen molar-refractivity contribution in [3.63, 3.8) is 0 Å². The molecule has 0 bridgehead atoms. The fourth-order valence-corrected chi connectivity index (χ4v) is 2.54. The van der Waals surface area contributed by atoms with Gasteiger partial charge in [0.2, 0.25) is 0 Å². The molecule has 26 heavy (non-hydrogen) atoms. The van der Waals surface area contributed by atoms with E-state index >= 15 is 0 Å². The molecule has 1 atom stereocenters. The molecule has 0 aromatic heterocycles. The highest BCUT2D eigenvalue weighted by Crippen LogP contribution is 2.29. The third-order valence-corrected chi connectivity index (χ3v) is 4.34. The van der Waals surface area contributed by atoms with Crippen LogP contribution < -0.4 is 10.1 Å². The lowest BCUT2D eigenvalue weighted by Crippen LogP contribution is -2.31. The monoisotopic (exact) mass is 357 g/mol. The Kier molecular flexibility index (Phi) is 5.51. The Morgan fingerprint density at radius 1 is 1.12 bits per heavy atom. The maximum Gasteiger partial charge on any atom is 0.312 e. The number of aliphatic carboxylic acids is 1. The van der Waals surface area contributed by atoms with Gasteiger partial charge in [0.1, 0.15) is 11.6 Å². The Labute approximate surface area is 150 Å². The second-order valence-electron chi connectivity index (χ2n) is 6.43. The van der Waals surface area contributed by atoms with Crippen LogP contribution in [0.25, 0.3) is 0 Å². The quantitative estimate of drug-likeness (QED) is 0.761. The van der Waals surface area contributed by atoms with Crippen LogP contribution in [0.3, 0.4) is 0 Å². The molecule has 2 aromatic carbocycles. The molecular formula is C20H20FNO4. The number of rotatable bonds is 8. The lowest BCUT2D eigenvalue weighted by Gasteiger charge is -2.14. The number of carboxylic acids is 1. The molecule has 2 N–H and O–H groups in total. The number of ether oxygens (including phenoxy) is 1. The van der Waals surface area contributed by atoms with Gasteiger partial charge in [-0.05, 0) is 60.7 Å². The highest BCUT2D eigenvalue weighted by Gasteiger charge is 2.22. The van der Waals surface area contributed by atoms with E-state index in [0.29, 0.717) is 29.4 Å². The van der Waals surface area contributed by atoms with Crippen molar-refractivity contribution in [3.05, 3.63) is 65.5 Å². The van der Waals surface area contributed by atoms with Crippen molar-refractivity contribution >= 4 is 11.9 Å². The number of carbonyl (C=O) groups excluding carboxylic acids is 1. The largest absolute Gasteiger partial charge is 0.493 e. The van der Waals surface area contributed by atoms with Gasteiger partial charge in [0.05, 0.1) is 12.5 Å². The standard InChI is InChI=1S/C20H20FNO4/c21-16-7-3-14(4-8-16)18(20(24)25)11-22-19(23)15-5-9-17(10-6-15)26-12-13-1-2-13/h3-10,13,18H,1-2,11-12H2,(H,22,23)(H,24,25). The summed E-state index contributed by atoms with van der Waals surface area (Å²) in [4.78, 5) is 23.7. The molecule has 0 heterocycles. The first-order chi connectivity index (χ1) is 12.5. The van der Waals surface area contributed by atoms with Gasteiger partial charge in [-0.15, -0.1) is 0 Å². The van der Waals surface area contributed by atoms with E-state index in [1.807, 2.05) is 0 Å². The highest BCUT2D eigenvalue weighted by molar-refractivity contribution is 5.94. The van der Waals surface area contributed by atoms with Crippen molar-refractivity contribution in [2.24, 2.45) is 5.92 Å². The predicted octanol–water partition coefficient (Wildman–Crippen LogP) is 3.21. The third-order valence-electron chi connectivity index (χ3n) is 4.34. The van der Waals surface area contributed by atoms with Crippen LogP contribution >= 0.6 is 0 Å². The first-order valence-corrected chi connectivity index (χ1v) is 8.52. The average molecular weight is 357 g/mol. The molecule has 1 aliphatic rings. The summed E-state index contributed by atoms with van der Waals surface area (Å²) in [5.74, 6) is -1.47. The van der Waals surface area contributed by atoms with Gasteiger partial charge in [0.25, 0.3) is 5.91 Å². The van der Waals surface area contributed by atoms with Gasteiger partial charge in [0, 0.05) is 12.1 Å². The van der Waals surface area contributed by atoms with Gasteiger partial charge in [-0.1, -0.05) is 12.1 Å². The molecule has 1 aliphatic carbocycles. The molecular weight excluding hydrogens is 337 g/mol. The number of nitrogens with one attached hydrogen (secondary N) is 1. The van der Waals surface area contributed by atoms with E-state index in [0.717, 1.165) is 0 Å². The smallest absolute Gasteiger partial charge is 0.312 e. The molecule has 0 spiro atoms. The summed E-state index contributed by atoms with van der Waals surface area (Å²) in [6.07, 6.45) is 2.42. The fraction of sp³-hybridized carbons (Fsp3) is 0.300. The van der Waals surface area contributed by atoms with Gasteiger partial charge < -0.3 is 15.2 Å². The zero-order valence-electron chi connectivity index (χ0n) is 14.2. The maximum absolute atomic E-state index is 13.0. The topological polar surface area (TPSA) is 75.6 Å². The van der Waals surface area contributed by atoms with Crippen LogP contribution in [0, 0.1) is 11.7 Å². The molecule has 1 saturated carbocycles. The molecule has 6 heteroatoms. The summed E-state index contributed by atoms with van der Waals surface area (Å²) in [7, 11) is 0. The molecule has 0 radical (unpaired) electrons. The zero-order chi connectivity index (χ0) is 18.5. The number of hydrogen-bond acceptors (Lipinski definition) is 3. The van der Waals surface area contributed by atoms with Crippen LogP contribution in [0.15, 0.2) is 48.5 Å². The summed E-state index contributed by atoms with van der Waals surface area (Å²) < 4.78 is 18.6. The van der Waals surface area contributed by atoms with Crippen molar-refractivity contribution in [1.82, 2.24) is 5.32 Å². The number of carbonyl (C=O) groups is 2. The van der Waals surface area contributed by atoms with Crippen LogP contribution in [0.1, 0.15) is 34.7 Å². The highest BCUT2D eigenvalue weighted by atomic mass is 19.1. The van der Waals surface area contributed by atoms with E-state index < -0.39 is 17.7 Å². The minimum atomic E-state index is -1.08. The molecule has 5 nitrogen and oxygen atoms in total. The van der Waals surface area contributed by atoms with E-state index in [-0.39, 0.29) is 12.5 Å². The number of halogens is 1. The molecule has 0 aliphatic heterocycles. The van der Waals surface area contributed by atoms with E-state index in [1.165, 1.54) is 37.1 Å². The minimum Gasteiger partial charge on any atom is -0.493 e. The Morgan fingerprint density at radius 3 is 2.35 bits per heavy atom. The zero-order valence-corrected chi connectivity index (χ0v) is 14.2. The van der Waals surface area contributed by atoms with Crippen LogP contribution in [-0.2, 0) is 4.79 Å². The van der Waals surface area contributed by atoms with Crippen molar-refractivity contribution in [1.29, 1.82) is 0 Å². The molecule has 1 unspecified atom stereocenters. The van der Waals surface area contributed by atoms with Gasteiger partial charge in [-0.3, -0.25) is 9.59 Å². The Hall–Kier alpha value is -2.89. The average Bonchev–Trinajstić information content (AvgIpc) is 3.46. The molecule has 0 saturated heterocycles. The first kappa shape index (κ1) is 17.9. The van der Waals surface area contributed by atoms with Crippen LogP contribution in [0.2, 0.25) is 0 Å². The summed E-state index contributed by atoms with van der Waals surface area (Å²) in [6, 6.07) is 12.0. The Bertz CT molecular complexity index is 769.